The second-order valence-electron chi connectivity index (χ2n) is 9.02. The minimum atomic E-state index is -4.54. The molecule has 182 valence electrons. The molecule has 0 spiro atoms. The highest BCUT2D eigenvalue weighted by Crippen LogP contribution is 2.36. The van der Waals surface area contributed by atoms with Gasteiger partial charge in [0.15, 0.2) is 0 Å². The number of nitriles is 1. The van der Waals surface area contributed by atoms with Crippen molar-refractivity contribution in [2.45, 2.75) is 63.0 Å². The summed E-state index contributed by atoms with van der Waals surface area (Å²) in [6.45, 7) is 5.97. The SMILES string of the molecule is CC1NNC(C)C1c1cnn(C2(CC#N)CN(c3cnc(C(=O)N[C@@H](C)C(F)(F)F)cn3)C2)c1. The molecule has 4 heterocycles. The van der Waals surface area contributed by atoms with Gasteiger partial charge in [0.25, 0.3) is 5.91 Å². The number of halogens is 3. The first-order valence-electron chi connectivity index (χ1n) is 10.9. The first-order chi connectivity index (χ1) is 16.0. The van der Waals surface area contributed by atoms with Crippen LogP contribution in [0.3, 0.4) is 0 Å². The minimum Gasteiger partial charge on any atom is -0.350 e. The van der Waals surface area contributed by atoms with E-state index in [2.05, 4.69) is 45.8 Å². The summed E-state index contributed by atoms with van der Waals surface area (Å²) < 4.78 is 39.8. The van der Waals surface area contributed by atoms with Gasteiger partial charge in [-0.2, -0.15) is 23.5 Å². The lowest BCUT2D eigenvalue weighted by Gasteiger charge is -2.49. The quantitative estimate of drug-likeness (QED) is 0.571. The average molecular weight is 477 g/mol. The number of rotatable bonds is 6. The second-order valence-corrected chi connectivity index (χ2v) is 9.02. The Bertz CT molecular complexity index is 1060. The van der Waals surface area contributed by atoms with Gasteiger partial charge in [-0.05, 0) is 26.3 Å². The number of nitrogens with zero attached hydrogens (tertiary/aromatic N) is 6. The molecule has 2 aromatic rings. The standard InChI is InChI=1S/C21H26F3N9O/c1-12-18(13(2)31-30-12)15-6-28-33(9-15)20(4-5-25)10-32(11-20)17-8-26-16(7-27-17)19(34)29-14(3)21(22,23)24/h6-9,12-14,18,30-31H,4,10-11H2,1-3H3,(H,29,34)/t12?,13?,14-,18?/m0/s1. The molecule has 0 aromatic carbocycles. The van der Waals surface area contributed by atoms with Crippen LogP contribution in [0.1, 0.15) is 49.2 Å². The zero-order chi connectivity index (χ0) is 24.7. The van der Waals surface area contributed by atoms with Crippen LogP contribution >= 0.6 is 0 Å². The molecule has 0 radical (unpaired) electrons. The van der Waals surface area contributed by atoms with Gasteiger partial charge in [0.05, 0.1) is 31.1 Å². The van der Waals surface area contributed by atoms with Gasteiger partial charge in [-0.15, -0.1) is 0 Å². The highest BCUT2D eigenvalue weighted by Gasteiger charge is 2.47. The first-order valence-corrected chi connectivity index (χ1v) is 10.9. The Morgan fingerprint density at radius 3 is 2.50 bits per heavy atom. The molecule has 2 unspecified atom stereocenters. The molecule has 3 atom stereocenters. The number of carbonyl (C=O) groups excluding carboxylic acids is 1. The lowest BCUT2D eigenvalue weighted by atomic mass is 9.86. The summed E-state index contributed by atoms with van der Waals surface area (Å²) in [7, 11) is 0. The number of amides is 1. The molecule has 0 saturated carbocycles. The number of hydrogen-bond acceptors (Lipinski definition) is 8. The van der Waals surface area contributed by atoms with Crippen LogP contribution in [0.2, 0.25) is 0 Å². The summed E-state index contributed by atoms with van der Waals surface area (Å²) in [6, 6.07) is 0.719. The molecule has 4 rings (SSSR count). The summed E-state index contributed by atoms with van der Waals surface area (Å²) in [5, 5.41) is 15.8. The van der Waals surface area contributed by atoms with Crippen molar-refractivity contribution in [1.29, 1.82) is 5.26 Å². The van der Waals surface area contributed by atoms with Crippen LogP contribution in [0.15, 0.2) is 24.8 Å². The lowest BCUT2D eigenvalue weighted by molar-refractivity contribution is -0.149. The van der Waals surface area contributed by atoms with Crippen LogP contribution in [0.4, 0.5) is 19.0 Å². The van der Waals surface area contributed by atoms with Gasteiger partial charge in [0, 0.05) is 37.3 Å². The van der Waals surface area contributed by atoms with E-state index in [4.69, 9.17) is 0 Å². The van der Waals surface area contributed by atoms with Crippen molar-refractivity contribution in [3.8, 4) is 6.07 Å². The van der Waals surface area contributed by atoms with Crippen LogP contribution in [-0.2, 0) is 5.54 Å². The van der Waals surface area contributed by atoms with Gasteiger partial charge in [-0.3, -0.25) is 20.3 Å². The predicted molar refractivity (Wildman–Crippen MR) is 116 cm³/mol. The minimum absolute atomic E-state index is 0.206. The number of hydrazine groups is 1. The first kappa shape index (κ1) is 23.9. The van der Waals surface area contributed by atoms with Gasteiger partial charge in [0.1, 0.15) is 23.1 Å². The third-order valence-corrected chi connectivity index (χ3v) is 6.50. The third-order valence-electron chi connectivity index (χ3n) is 6.50. The van der Waals surface area contributed by atoms with Crippen LogP contribution < -0.4 is 21.1 Å². The van der Waals surface area contributed by atoms with Gasteiger partial charge < -0.3 is 10.2 Å². The maximum atomic E-state index is 12.7. The third kappa shape index (κ3) is 4.43. The largest absolute Gasteiger partial charge is 0.408 e. The Morgan fingerprint density at radius 1 is 1.26 bits per heavy atom. The fourth-order valence-electron chi connectivity index (χ4n) is 4.49. The van der Waals surface area contributed by atoms with E-state index in [0.29, 0.717) is 18.9 Å². The number of hydrogen-bond donors (Lipinski definition) is 3. The van der Waals surface area contributed by atoms with Gasteiger partial charge in [0.2, 0.25) is 0 Å². The van der Waals surface area contributed by atoms with Crippen molar-refractivity contribution in [2.24, 2.45) is 0 Å². The summed E-state index contributed by atoms with van der Waals surface area (Å²) in [6.07, 6.45) is 2.02. The lowest BCUT2D eigenvalue weighted by Crippen LogP contribution is -2.63. The second kappa shape index (κ2) is 8.84. The van der Waals surface area contributed by atoms with E-state index < -0.39 is 23.7 Å². The van der Waals surface area contributed by atoms with E-state index in [1.54, 1.807) is 0 Å². The molecule has 1 amide bonds. The van der Waals surface area contributed by atoms with Crippen molar-refractivity contribution in [3.63, 3.8) is 0 Å². The van der Waals surface area contributed by atoms with Crippen LogP contribution in [-0.4, -0.2) is 63.0 Å². The van der Waals surface area contributed by atoms with E-state index in [1.807, 2.05) is 27.3 Å². The Labute approximate surface area is 194 Å². The zero-order valence-electron chi connectivity index (χ0n) is 19.0. The number of anilines is 1. The molecular formula is C21H26F3N9O. The summed E-state index contributed by atoms with van der Waals surface area (Å²) in [5.74, 6) is -0.240. The molecule has 2 aromatic heterocycles. The molecule has 13 heteroatoms. The zero-order valence-corrected chi connectivity index (χ0v) is 19.0. The average Bonchev–Trinajstić information content (AvgIpc) is 3.36. The maximum absolute atomic E-state index is 12.7. The van der Waals surface area contributed by atoms with Crippen molar-refractivity contribution in [1.82, 2.24) is 35.9 Å². The summed E-state index contributed by atoms with van der Waals surface area (Å²) in [4.78, 5) is 22.1. The topological polar surface area (TPSA) is 124 Å². The van der Waals surface area contributed by atoms with Crippen LogP contribution in [0.25, 0.3) is 0 Å². The molecule has 2 aliphatic rings. The molecular weight excluding hydrogens is 451 g/mol. The van der Waals surface area contributed by atoms with Gasteiger partial charge in [-0.25, -0.2) is 9.97 Å². The molecule has 2 aliphatic heterocycles. The van der Waals surface area contributed by atoms with E-state index in [-0.39, 0.29) is 30.1 Å². The smallest absolute Gasteiger partial charge is 0.350 e. The predicted octanol–water partition coefficient (Wildman–Crippen LogP) is 1.45. The molecule has 2 saturated heterocycles. The normalized spacial score (nSPS) is 24.9. The Kier molecular flexibility index (Phi) is 6.22. The number of nitrogens with one attached hydrogen (secondary N) is 3. The van der Waals surface area contributed by atoms with Crippen molar-refractivity contribution in [2.75, 3.05) is 18.0 Å². The summed E-state index contributed by atoms with van der Waals surface area (Å²) in [5.41, 5.74) is 6.81. The molecule has 2 fully saturated rings. The summed E-state index contributed by atoms with van der Waals surface area (Å²) >= 11 is 0. The number of aromatic nitrogens is 4. The highest BCUT2D eigenvalue weighted by molar-refractivity contribution is 5.92. The Hall–Kier alpha value is -3.24. The van der Waals surface area contributed by atoms with Gasteiger partial charge in [-0.1, -0.05) is 0 Å². The van der Waals surface area contributed by atoms with Crippen LogP contribution in [0.5, 0.6) is 0 Å². The fraction of sp³-hybridized carbons (Fsp3) is 0.571. The van der Waals surface area contributed by atoms with E-state index in [1.165, 1.54) is 6.20 Å². The monoisotopic (exact) mass is 477 g/mol. The van der Waals surface area contributed by atoms with Crippen molar-refractivity contribution >= 4 is 11.7 Å². The molecule has 0 bridgehead atoms. The Balaban J connectivity index is 1.44. The van der Waals surface area contributed by atoms with Crippen molar-refractivity contribution < 1.29 is 18.0 Å². The van der Waals surface area contributed by atoms with Crippen LogP contribution in [0, 0.1) is 11.3 Å². The maximum Gasteiger partial charge on any atom is 0.408 e. The van der Waals surface area contributed by atoms with E-state index in [9.17, 15) is 23.2 Å². The highest BCUT2D eigenvalue weighted by atomic mass is 19.4. The van der Waals surface area contributed by atoms with Crippen molar-refractivity contribution in [3.05, 3.63) is 36.0 Å². The Morgan fingerprint density at radius 2 is 1.94 bits per heavy atom. The fourth-order valence-corrected chi connectivity index (χ4v) is 4.49. The number of alkyl halides is 3. The van der Waals surface area contributed by atoms with Gasteiger partial charge >= 0.3 is 6.18 Å². The molecule has 10 nitrogen and oxygen atoms in total. The number of carbonyl (C=O) groups is 1. The molecule has 3 N–H and O–H groups in total. The van der Waals surface area contributed by atoms with E-state index >= 15 is 0 Å². The molecule has 34 heavy (non-hydrogen) atoms. The van der Waals surface area contributed by atoms with E-state index in [0.717, 1.165) is 18.7 Å². The molecule has 0 aliphatic carbocycles.